The van der Waals surface area contributed by atoms with Gasteiger partial charge in [0.15, 0.2) is 0 Å². The molecule has 6 heteroatoms. The van der Waals surface area contributed by atoms with E-state index in [9.17, 15) is 9.90 Å². The lowest BCUT2D eigenvalue weighted by Gasteiger charge is -2.28. The molecule has 0 aromatic heterocycles. The Morgan fingerprint density at radius 2 is 2.45 bits per heavy atom. The van der Waals surface area contributed by atoms with Crippen molar-refractivity contribution in [1.82, 2.24) is 5.48 Å². The van der Waals surface area contributed by atoms with E-state index in [2.05, 4.69) is 11.6 Å². The topological polar surface area (TPSA) is 67.8 Å². The number of carbonyl (C=O) groups is 1. The van der Waals surface area contributed by atoms with Crippen molar-refractivity contribution in [3.63, 3.8) is 0 Å². The van der Waals surface area contributed by atoms with Gasteiger partial charge in [-0.15, -0.1) is 0 Å². The highest BCUT2D eigenvalue weighted by atomic mass is 16.7. The second-order valence-corrected chi connectivity index (χ2v) is 5.56. The van der Waals surface area contributed by atoms with E-state index in [0.717, 1.165) is 12.8 Å². The van der Waals surface area contributed by atoms with E-state index in [1.54, 1.807) is 0 Å². The minimum Gasteiger partial charge on any atom is -0.565 e. The first-order chi connectivity index (χ1) is 9.70. The number of nitrogens with one attached hydrogen (secondary N) is 1. The highest BCUT2D eigenvalue weighted by Crippen LogP contribution is 2.55. The van der Waals surface area contributed by atoms with E-state index in [0.29, 0.717) is 30.5 Å². The number of aliphatic carboxylic acids is 1. The minimum absolute atomic E-state index is 0.245. The molecule has 0 bridgehead atoms. The molecule has 3 aliphatic rings. The monoisotopic (exact) mass is 276 g/mol. The van der Waals surface area contributed by atoms with Crippen molar-refractivity contribution in [2.24, 2.45) is 11.8 Å². The maximum atomic E-state index is 11.6. The van der Waals surface area contributed by atoms with Crippen LogP contribution >= 0.6 is 0 Å². The van der Waals surface area contributed by atoms with E-state index in [1.807, 2.05) is 20.5 Å². The molecule has 4 unspecified atom stereocenters. The maximum Gasteiger partial charge on any atom is 0.373 e. The molecule has 0 aromatic rings. The molecule has 4 atom stereocenters. The predicted octanol–water partition coefficient (Wildman–Crippen LogP) is 1.66. The van der Waals surface area contributed by atoms with Crippen LogP contribution in [-0.4, -0.2) is 31.2 Å². The van der Waals surface area contributed by atoms with Crippen LogP contribution in [0.1, 0.15) is 26.2 Å². The number of fused-ring (bicyclic) bond motifs is 2. The number of allylic oxidation sites excluding steroid dienone is 2. The summed E-state index contributed by atoms with van der Waals surface area (Å²) in [7, 11) is 1.81. The molecule has 1 radical (unpaired) electrons. The maximum absolute atomic E-state index is 11.6. The second-order valence-electron chi connectivity index (χ2n) is 5.56. The van der Waals surface area contributed by atoms with E-state index >= 15 is 0 Å². The Morgan fingerprint density at radius 3 is 3.20 bits per heavy atom. The van der Waals surface area contributed by atoms with E-state index < -0.39 is 11.9 Å². The average Bonchev–Trinajstić information content (AvgIpc) is 3.17. The predicted molar refractivity (Wildman–Crippen MR) is 73.8 cm³/mol. The standard InChI is InChI=1S/C14H19BNO4/c1-2-16-20-8-4-3-5-9-10-7-12(10)15-19-13(9)11(6-8)14(17)18/h3-4,8,10-12,16H,2,5-7H2,1H3,(H,17,18)/b4-3-. The summed E-state index contributed by atoms with van der Waals surface area (Å²) in [6, 6.07) is 0. The van der Waals surface area contributed by atoms with Gasteiger partial charge in [0.05, 0.1) is 11.9 Å². The normalized spacial score (nSPS) is 36.6. The fourth-order valence-corrected chi connectivity index (χ4v) is 3.00. The Balaban J connectivity index is 1.82. The summed E-state index contributed by atoms with van der Waals surface area (Å²) in [5, 5.41) is 9.51. The lowest BCUT2D eigenvalue weighted by Crippen LogP contribution is -2.31. The third-order valence-corrected chi connectivity index (χ3v) is 4.12. The first kappa shape index (κ1) is 13.7. The molecule has 2 aliphatic carbocycles. The summed E-state index contributed by atoms with van der Waals surface area (Å²) in [6.45, 7) is 2.62. The van der Waals surface area contributed by atoms with E-state index in [1.165, 1.54) is 5.57 Å². The van der Waals surface area contributed by atoms with Crippen LogP contribution in [0.5, 0.6) is 0 Å². The quantitative estimate of drug-likeness (QED) is 0.464. The molecule has 2 N–H and O–H groups in total. The Bertz CT molecular complexity index is 462. The molecule has 0 amide bonds. The number of hydrogen-bond donors (Lipinski definition) is 2. The Kier molecular flexibility index (Phi) is 3.85. The van der Waals surface area contributed by atoms with Gasteiger partial charge in [-0.25, -0.2) is 5.48 Å². The number of hydrogen-bond acceptors (Lipinski definition) is 4. The van der Waals surface area contributed by atoms with Crippen molar-refractivity contribution in [2.75, 3.05) is 6.54 Å². The number of hydroxylamine groups is 1. The summed E-state index contributed by atoms with van der Waals surface area (Å²) in [5.74, 6) is 0.161. The second kappa shape index (κ2) is 5.62. The molecular formula is C14H19BNO4. The fraction of sp³-hybridized carbons (Fsp3) is 0.643. The summed E-state index contributed by atoms with van der Waals surface area (Å²) >= 11 is 0. The molecule has 0 aromatic carbocycles. The fourth-order valence-electron chi connectivity index (χ4n) is 3.00. The van der Waals surface area contributed by atoms with Crippen LogP contribution in [0.15, 0.2) is 23.5 Å². The van der Waals surface area contributed by atoms with Crippen molar-refractivity contribution < 1.29 is 19.4 Å². The van der Waals surface area contributed by atoms with Crippen LogP contribution in [-0.2, 0) is 14.3 Å². The van der Waals surface area contributed by atoms with E-state index in [-0.39, 0.29) is 6.10 Å². The summed E-state index contributed by atoms with van der Waals surface area (Å²) in [4.78, 5) is 17.1. The van der Waals surface area contributed by atoms with Gasteiger partial charge in [-0.2, -0.15) is 0 Å². The van der Waals surface area contributed by atoms with Crippen LogP contribution in [0.3, 0.4) is 0 Å². The Labute approximate surface area is 119 Å². The van der Waals surface area contributed by atoms with Crippen molar-refractivity contribution in [2.45, 2.75) is 38.1 Å². The molecule has 107 valence electrons. The van der Waals surface area contributed by atoms with E-state index in [4.69, 9.17) is 9.49 Å². The summed E-state index contributed by atoms with van der Waals surface area (Å²) < 4.78 is 5.66. The molecule has 3 rings (SSSR count). The molecule has 0 saturated heterocycles. The van der Waals surface area contributed by atoms with Gasteiger partial charge in [-0.05, 0) is 36.6 Å². The van der Waals surface area contributed by atoms with Gasteiger partial charge in [0, 0.05) is 6.54 Å². The zero-order valence-corrected chi connectivity index (χ0v) is 11.5. The van der Waals surface area contributed by atoms with Gasteiger partial charge in [0.25, 0.3) is 0 Å². The van der Waals surface area contributed by atoms with Crippen molar-refractivity contribution in [3.8, 4) is 0 Å². The Morgan fingerprint density at radius 1 is 1.60 bits per heavy atom. The zero-order chi connectivity index (χ0) is 14.1. The third kappa shape index (κ3) is 2.62. The molecule has 1 aliphatic heterocycles. The van der Waals surface area contributed by atoms with Crippen LogP contribution in [0.2, 0.25) is 5.82 Å². The van der Waals surface area contributed by atoms with Crippen LogP contribution in [0.25, 0.3) is 0 Å². The summed E-state index contributed by atoms with van der Waals surface area (Å²) in [5.41, 5.74) is 3.98. The molecule has 1 heterocycles. The highest BCUT2D eigenvalue weighted by molar-refractivity contribution is 6.32. The molecule has 1 saturated carbocycles. The lowest BCUT2D eigenvalue weighted by molar-refractivity contribution is -0.142. The first-order valence-corrected chi connectivity index (χ1v) is 7.21. The molecule has 0 spiro atoms. The van der Waals surface area contributed by atoms with Crippen molar-refractivity contribution in [3.05, 3.63) is 23.5 Å². The Hall–Kier alpha value is -1.27. The molecule has 20 heavy (non-hydrogen) atoms. The SMILES string of the molecule is CCNOC1/C=C\CC2=C(O[B]C3CC23)C(C(=O)O)C1. The van der Waals surface area contributed by atoms with Gasteiger partial charge < -0.3 is 9.76 Å². The molecule has 5 nitrogen and oxygen atoms in total. The zero-order valence-electron chi connectivity index (χ0n) is 11.5. The smallest absolute Gasteiger partial charge is 0.373 e. The number of carboxylic acids is 1. The lowest BCUT2D eigenvalue weighted by atomic mass is 9.80. The largest absolute Gasteiger partial charge is 0.565 e. The molecule has 1 fully saturated rings. The van der Waals surface area contributed by atoms with Crippen molar-refractivity contribution in [1.29, 1.82) is 0 Å². The molecular weight excluding hydrogens is 257 g/mol. The number of rotatable bonds is 4. The minimum atomic E-state index is -0.842. The van der Waals surface area contributed by atoms with Gasteiger partial charge >= 0.3 is 13.5 Å². The van der Waals surface area contributed by atoms with Gasteiger partial charge in [-0.3, -0.25) is 9.63 Å². The van der Waals surface area contributed by atoms with Crippen LogP contribution in [0.4, 0.5) is 0 Å². The van der Waals surface area contributed by atoms with Gasteiger partial charge in [0.2, 0.25) is 0 Å². The van der Waals surface area contributed by atoms with Gasteiger partial charge in [0.1, 0.15) is 5.92 Å². The third-order valence-electron chi connectivity index (χ3n) is 4.12. The summed E-state index contributed by atoms with van der Waals surface area (Å²) in [6.07, 6.45) is 6.03. The average molecular weight is 276 g/mol. The van der Waals surface area contributed by atoms with Crippen LogP contribution < -0.4 is 5.48 Å². The van der Waals surface area contributed by atoms with Gasteiger partial charge in [-0.1, -0.05) is 19.1 Å². The first-order valence-electron chi connectivity index (χ1n) is 7.21. The highest BCUT2D eigenvalue weighted by Gasteiger charge is 2.48. The van der Waals surface area contributed by atoms with Crippen LogP contribution in [0, 0.1) is 11.8 Å². The van der Waals surface area contributed by atoms with Crippen molar-refractivity contribution >= 4 is 13.5 Å². The number of carboxylic acid groups (broad SMARTS) is 1.